The Balaban J connectivity index is 1.71. The van der Waals surface area contributed by atoms with Crippen LogP contribution < -0.4 is 5.32 Å². The standard InChI is InChI=1S/C25H20ClNO2/c26-20-11-7-10-18(14-20)22-15-19(17-8-3-1-4-9-17)16-23(28)24(22)25(29)27-21-12-5-2-6-13-21/h1-14,16,22,24H,15H2,(H,27,29)/t22-,24-/m0/s1. The molecule has 144 valence electrons. The molecule has 0 aromatic heterocycles. The Labute approximate surface area is 175 Å². The number of rotatable bonds is 4. The number of benzene rings is 3. The maximum atomic E-state index is 13.1. The van der Waals surface area contributed by atoms with Crippen LogP contribution in [0.4, 0.5) is 5.69 Å². The van der Waals surface area contributed by atoms with E-state index in [2.05, 4.69) is 5.32 Å². The molecule has 3 aromatic rings. The van der Waals surface area contributed by atoms with Crippen molar-refractivity contribution in [2.45, 2.75) is 12.3 Å². The summed E-state index contributed by atoms with van der Waals surface area (Å²) in [5.41, 5.74) is 3.49. The minimum absolute atomic E-state index is 0.187. The molecule has 3 nitrogen and oxygen atoms in total. The molecule has 0 saturated heterocycles. The number of anilines is 1. The molecule has 0 heterocycles. The first-order chi connectivity index (χ1) is 14.1. The van der Waals surface area contributed by atoms with E-state index in [1.54, 1.807) is 12.1 Å². The second-order valence-corrected chi connectivity index (χ2v) is 7.57. The lowest BCUT2D eigenvalue weighted by atomic mass is 9.73. The third-order valence-electron chi connectivity index (χ3n) is 5.21. The lowest BCUT2D eigenvalue weighted by Crippen LogP contribution is -2.36. The molecule has 0 spiro atoms. The number of allylic oxidation sites excluding steroid dienone is 2. The molecule has 1 aliphatic rings. The van der Waals surface area contributed by atoms with Gasteiger partial charge in [-0.3, -0.25) is 9.59 Å². The summed E-state index contributed by atoms with van der Waals surface area (Å²) in [5, 5.41) is 3.48. The van der Waals surface area contributed by atoms with Crippen LogP contribution in [-0.4, -0.2) is 11.7 Å². The van der Waals surface area contributed by atoms with Crippen LogP contribution in [0.15, 0.2) is 91.0 Å². The molecule has 0 unspecified atom stereocenters. The van der Waals surface area contributed by atoms with Gasteiger partial charge in [0.2, 0.25) is 5.91 Å². The Bertz CT molecular complexity index is 1060. The van der Waals surface area contributed by atoms with Crippen molar-refractivity contribution in [2.24, 2.45) is 5.92 Å². The normalized spacial score (nSPS) is 18.8. The van der Waals surface area contributed by atoms with Crippen molar-refractivity contribution >= 4 is 34.6 Å². The molecule has 0 aliphatic heterocycles. The highest BCUT2D eigenvalue weighted by molar-refractivity contribution is 6.30. The van der Waals surface area contributed by atoms with Gasteiger partial charge in [0.1, 0.15) is 5.92 Å². The van der Waals surface area contributed by atoms with Gasteiger partial charge in [-0.15, -0.1) is 0 Å². The van der Waals surface area contributed by atoms with Crippen molar-refractivity contribution in [2.75, 3.05) is 5.32 Å². The molecule has 0 bridgehead atoms. The average Bonchev–Trinajstić information content (AvgIpc) is 2.74. The molecule has 29 heavy (non-hydrogen) atoms. The minimum atomic E-state index is -0.805. The zero-order chi connectivity index (χ0) is 20.2. The highest BCUT2D eigenvalue weighted by Gasteiger charge is 2.38. The number of ketones is 1. The van der Waals surface area contributed by atoms with Crippen LogP contribution in [0.25, 0.3) is 5.57 Å². The molecule has 3 aromatic carbocycles. The maximum Gasteiger partial charge on any atom is 0.235 e. The van der Waals surface area contributed by atoms with E-state index in [-0.39, 0.29) is 17.6 Å². The lowest BCUT2D eigenvalue weighted by Gasteiger charge is -2.30. The van der Waals surface area contributed by atoms with Crippen molar-refractivity contribution in [1.29, 1.82) is 0 Å². The van der Waals surface area contributed by atoms with Crippen molar-refractivity contribution in [3.8, 4) is 0 Å². The number of hydrogen-bond acceptors (Lipinski definition) is 2. The molecular formula is C25H20ClNO2. The highest BCUT2D eigenvalue weighted by Crippen LogP contribution is 2.40. The van der Waals surface area contributed by atoms with E-state index in [9.17, 15) is 9.59 Å². The van der Waals surface area contributed by atoms with E-state index >= 15 is 0 Å². The SMILES string of the molecule is O=C1C=C(c2ccccc2)C[C@@H](c2cccc(Cl)c2)[C@@H]1C(=O)Nc1ccccc1. The Hall–Kier alpha value is -3.17. The monoisotopic (exact) mass is 401 g/mol. The number of halogens is 1. The summed E-state index contributed by atoms with van der Waals surface area (Å²) in [5.74, 6) is -1.57. The number of amides is 1. The van der Waals surface area contributed by atoms with E-state index < -0.39 is 5.92 Å². The first-order valence-electron chi connectivity index (χ1n) is 9.53. The summed E-state index contributed by atoms with van der Waals surface area (Å²) in [6.07, 6.45) is 2.20. The highest BCUT2D eigenvalue weighted by atomic mass is 35.5. The number of carbonyl (C=O) groups excluding carboxylic acids is 2. The lowest BCUT2D eigenvalue weighted by molar-refractivity contribution is -0.129. The third kappa shape index (κ3) is 4.30. The first-order valence-corrected chi connectivity index (χ1v) is 9.91. The van der Waals surface area contributed by atoms with E-state index in [4.69, 9.17) is 11.6 Å². The Morgan fingerprint density at radius 1 is 0.897 bits per heavy atom. The molecule has 0 radical (unpaired) electrons. The Morgan fingerprint density at radius 3 is 2.28 bits per heavy atom. The number of para-hydroxylation sites is 1. The second-order valence-electron chi connectivity index (χ2n) is 7.14. The van der Waals surface area contributed by atoms with Crippen LogP contribution in [0.3, 0.4) is 0 Å². The van der Waals surface area contributed by atoms with Crippen LogP contribution >= 0.6 is 11.6 Å². The Morgan fingerprint density at radius 2 is 1.59 bits per heavy atom. The topological polar surface area (TPSA) is 46.2 Å². The zero-order valence-electron chi connectivity index (χ0n) is 15.7. The third-order valence-corrected chi connectivity index (χ3v) is 5.45. The summed E-state index contributed by atoms with van der Waals surface area (Å²) in [7, 11) is 0. The fourth-order valence-corrected chi connectivity index (χ4v) is 4.03. The van der Waals surface area contributed by atoms with Crippen molar-refractivity contribution < 1.29 is 9.59 Å². The molecule has 0 fully saturated rings. The van der Waals surface area contributed by atoms with E-state index in [1.165, 1.54) is 0 Å². The number of nitrogens with one attached hydrogen (secondary N) is 1. The van der Waals surface area contributed by atoms with Crippen molar-refractivity contribution in [1.82, 2.24) is 0 Å². The van der Waals surface area contributed by atoms with Gasteiger partial charge in [-0.1, -0.05) is 72.3 Å². The zero-order valence-corrected chi connectivity index (χ0v) is 16.5. The molecule has 4 rings (SSSR count). The quantitative estimate of drug-likeness (QED) is 0.567. The second kappa shape index (κ2) is 8.46. The largest absolute Gasteiger partial charge is 0.325 e. The van der Waals surface area contributed by atoms with Gasteiger partial charge in [-0.25, -0.2) is 0 Å². The van der Waals surface area contributed by atoms with Gasteiger partial charge < -0.3 is 5.32 Å². The first kappa shape index (κ1) is 19.2. The smallest absolute Gasteiger partial charge is 0.235 e. The van der Waals surface area contributed by atoms with Crippen LogP contribution in [0, 0.1) is 5.92 Å². The fraction of sp³-hybridized carbons (Fsp3) is 0.120. The minimum Gasteiger partial charge on any atom is -0.325 e. The predicted molar refractivity (Wildman–Crippen MR) is 117 cm³/mol. The molecule has 0 saturated carbocycles. The molecule has 1 aliphatic carbocycles. The number of carbonyl (C=O) groups is 2. The van der Waals surface area contributed by atoms with E-state index in [1.807, 2.05) is 78.9 Å². The Kier molecular flexibility index (Phi) is 5.59. The number of hydrogen-bond donors (Lipinski definition) is 1. The molecule has 4 heteroatoms. The van der Waals surface area contributed by atoms with Gasteiger partial charge in [0, 0.05) is 16.6 Å². The average molecular weight is 402 g/mol. The molecular weight excluding hydrogens is 382 g/mol. The van der Waals surface area contributed by atoms with Crippen LogP contribution in [0.5, 0.6) is 0 Å². The fourth-order valence-electron chi connectivity index (χ4n) is 3.83. The summed E-state index contributed by atoms with van der Waals surface area (Å²) >= 11 is 6.21. The van der Waals surface area contributed by atoms with E-state index in [0.717, 1.165) is 16.7 Å². The van der Waals surface area contributed by atoms with Gasteiger partial charge in [-0.05, 0) is 53.5 Å². The van der Waals surface area contributed by atoms with E-state index in [0.29, 0.717) is 17.1 Å². The van der Waals surface area contributed by atoms with Gasteiger partial charge in [-0.2, -0.15) is 0 Å². The van der Waals surface area contributed by atoms with Crippen LogP contribution in [0.1, 0.15) is 23.5 Å². The van der Waals surface area contributed by atoms with Gasteiger partial charge >= 0.3 is 0 Å². The van der Waals surface area contributed by atoms with Crippen molar-refractivity contribution in [3.63, 3.8) is 0 Å². The maximum absolute atomic E-state index is 13.1. The van der Waals surface area contributed by atoms with Gasteiger partial charge in [0.25, 0.3) is 0 Å². The van der Waals surface area contributed by atoms with Gasteiger partial charge in [0.05, 0.1) is 0 Å². The summed E-state index contributed by atoms with van der Waals surface area (Å²) < 4.78 is 0. The molecule has 1 amide bonds. The predicted octanol–water partition coefficient (Wildman–Crippen LogP) is 5.73. The summed E-state index contributed by atoms with van der Waals surface area (Å²) in [6, 6.07) is 26.4. The summed E-state index contributed by atoms with van der Waals surface area (Å²) in [6.45, 7) is 0. The van der Waals surface area contributed by atoms with Crippen LogP contribution in [-0.2, 0) is 9.59 Å². The van der Waals surface area contributed by atoms with Crippen LogP contribution in [0.2, 0.25) is 5.02 Å². The van der Waals surface area contributed by atoms with Crippen molar-refractivity contribution in [3.05, 3.63) is 107 Å². The molecule has 2 atom stereocenters. The molecule has 1 N–H and O–H groups in total. The summed E-state index contributed by atoms with van der Waals surface area (Å²) in [4.78, 5) is 26.2. The van der Waals surface area contributed by atoms with Gasteiger partial charge in [0.15, 0.2) is 5.78 Å².